The zero-order chi connectivity index (χ0) is 16.9. The fourth-order valence-corrected chi connectivity index (χ4v) is 3.46. The molecular formula is C19H22ClN3O. The number of carbonyl (C=O) groups excluding carboxylic acids is 1. The van der Waals surface area contributed by atoms with Gasteiger partial charge in [0.2, 0.25) is 5.91 Å². The number of likely N-dealkylation sites (tertiary alicyclic amines) is 1. The van der Waals surface area contributed by atoms with Gasteiger partial charge in [-0.3, -0.25) is 14.7 Å². The molecule has 2 aromatic rings. The van der Waals surface area contributed by atoms with Gasteiger partial charge in [0.1, 0.15) is 0 Å². The minimum Gasteiger partial charge on any atom is -0.351 e. The third kappa shape index (κ3) is 4.13. The van der Waals surface area contributed by atoms with Gasteiger partial charge in [-0.25, -0.2) is 0 Å². The molecule has 2 heterocycles. The zero-order valence-electron chi connectivity index (χ0n) is 13.8. The molecule has 0 bridgehead atoms. The van der Waals surface area contributed by atoms with Gasteiger partial charge in [0.15, 0.2) is 0 Å². The molecule has 0 aliphatic carbocycles. The summed E-state index contributed by atoms with van der Waals surface area (Å²) in [6.45, 7) is 0.975. The van der Waals surface area contributed by atoms with Crippen LogP contribution in [-0.4, -0.2) is 35.4 Å². The molecule has 1 amide bonds. The number of aryl methyl sites for hydroxylation is 1. The maximum absolute atomic E-state index is 12.3. The second-order valence-electron chi connectivity index (χ2n) is 6.30. The number of amides is 1. The lowest BCUT2D eigenvalue weighted by atomic mass is 10.00. The molecular weight excluding hydrogens is 322 g/mol. The van der Waals surface area contributed by atoms with Gasteiger partial charge in [0.25, 0.3) is 0 Å². The number of hydrogen-bond donors (Lipinski definition) is 1. The lowest BCUT2D eigenvalue weighted by Gasteiger charge is -2.26. The maximum Gasteiger partial charge on any atom is 0.220 e. The van der Waals surface area contributed by atoms with Crippen molar-refractivity contribution in [1.29, 1.82) is 0 Å². The highest BCUT2D eigenvalue weighted by atomic mass is 35.5. The molecule has 0 spiro atoms. The number of likely N-dealkylation sites (N-methyl/N-ethyl adjacent to an activating group) is 1. The highest BCUT2D eigenvalue weighted by Crippen LogP contribution is 2.31. The van der Waals surface area contributed by atoms with Crippen LogP contribution in [0.5, 0.6) is 0 Å². The first kappa shape index (κ1) is 16.9. The number of nitrogens with zero attached hydrogens (tertiary/aromatic N) is 2. The summed E-state index contributed by atoms with van der Waals surface area (Å²) in [5.74, 6) is 0.103. The Bertz CT molecular complexity index is 675. The summed E-state index contributed by atoms with van der Waals surface area (Å²) < 4.78 is 0. The van der Waals surface area contributed by atoms with Crippen LogP contribution in [0.2, 0.25) is 5.02 Å². The Morgan fingerprint density at radius 2 is 1.96 bits per heavy atom. The van der Waals surface area contributed by atoms with E-state index in [9.17, 15) is 4.79 Å². The monoisotopic (exact) mass is 343 g/mol. The Morgan fingerprint density at radius 1 is 1.25 bits per heavy atom. The predicted octanol–water partition coefficient (Wildman–Crippen LogP) is 3.23. The van der Waals surface area contributed by atoms with E-state index in [2.05, 4.69) is 22.2 Å². The first-order chi connectivity index (χ1) is 11.6. The maximum atomic E-state index is 12.3. The molecule has 0 radical (unpaired) electrons. The number of aromatic nitrogens is 1. The molecule has 1 saturated heterocycles. The summed E-state index contributed by atoms with van der Waals surface area (Å²) in [5, 5.41) is 3.95. The smallest absolute Gasteiger partial charge is 0.220 e. The number of carbonyl (C=O) groups is 1. The summed E-state index contributed by atoms with van der Waals surface area (Å²) in [6.07, 6.45) is 5.72. The van der Waals surface area contributed by atoms with E-state index in [1.165, 1.54) is 5.56 Å². The fourth-order valence-electron chi connectivity index (χ4n) is 3.33. The van der Waals surface area contributed by atoms with E-state index in [0.29, 0.717) is 6.42 Å². The van der Waals surface area contributed by atoms with Crippen LogP contribution in [0.15, 0.2) is 48.8 Å². The molecule has 126 valence electrons. The Morgan fingerprint density at radius 3 is 2.67 bits per heavy atom. The van der Waals surface area contributed by atoms with Crippen LogP contribution in [0.4, 0.5) is 0 Å². The Kier molecular flexibility index (Phi) is 5.48. The highest BCUT2D eigenvalue weighted by molar-refractivity contribution is 6.30. The Labute approximate surface area is 147 Å². The lowest BCUT2D eigenvalue weighted by Crippen LogP contribution is -2.39. The molecule has 4 nitrogen and oxygen atoms in total. The number of rotatable bonds is 5. The Balaban J connectivity index is 1.60. The van der Waals surface area contributed by atoms with Crippen molar-refractivity contribution in [2.75, 3.05) is 13.6 Å². The van der Waals surface area contributed by atoms with Crippen LogP contribution in [0, 0.1) is 0 Å². The number of nitrogens with one attached hydrogen (secondary N) is 1. The van der Waals surface area contributed by atoms with Gasteiger partial charge in [0.05, 0.1) is 6.04 Å². The topological polar surface area (TPSA) is 45.2 Å². The third-order valence-corrected chi connectivity index (χ3v) is 4.85. The first-order valence-electron chi connectivity index (χ1n) is 8.27. The van der Waals surface area contributed by atoms with E-state index in [1.54, 1.807) is 12.4 Å². The van der Waals surface area contributed by atoms with E-state index in [1.807, 2.05) is 36.4 Å². The lowest BCUT2D eigenvalue weighted by molar-refractivity contribution is -0.121. The van der Waals surface area contributed by atoms with Crippen molar-refractivity contribution in [3.63, 3.8) is 0 Å². The van der Waals surface area contributed by atoms with Gasteiger partial charge in [-0.15, -0.1) is 0 Å². The van der Waals surface area contributed by atoms with Crippen LogP contribution >= 0.6 is 11.6 Å². The van der Waals surface area contributed by atoms with Crippen molar-refractivity contribution >= 4 is 17.5 Å². The fraction of sp³-hybridized carbons (Fsp3) is 0.368. The molecule has 3 rings (SSSR count). The average molecular weight is 344 g/mol. The molecule has 2 atom stereocenters. The molecule has 1 aromatic heterocycles. The second-order valence-corrected chi connectivity index (χ2v) is 6.73. The van der Waals surface area contributed by atoms with Crippen molar-refractivity contribution in [2.45, 2.75) is 31.3 Å². The number of benzene rings is 1. The third-order valence-electron chi connectivity index (χ3n) is 4.60. The van der Waals surface area contributed by atoms with Gasteiger partial charge < -0.3 is 5.32 Å². The van der Waals surface area contributed by atoms with E-state index in [4.69, 9.17) is 11.6 Å². The van der Waals surface area contributed by atoms with E-state index in [0.717, 1.165) is 30.0 Å². The van der Waals surface area contributed by atoms with Gasteiger partial charge in [-0.1, -0.05) is 23.7 Å². The van der Waals surface area contributed by atoms with E-state index < -0.39 is 0 Å². The summed E-state index contributed by atoms with van der Waals surface area (Å²) in [5.41, 5.74) is 2.33. The van der Waals surface area contributed by atoms with Crippen molar-refractivity contribution in [3.8, 4) is 0 Å². The zero-order valence-corrected chi connectivity index (χ0v) is 14.5. The van der Waals surface area contributed by atoms with Gasteiger partial charge in [-0.05, 0) is 55.3 Å². The summed E-state index contributed by atoms with van der Waals surface area (Å²) in [7, 11) is 2.10. The minimum absolute atomic E-state index is 0.103. The van der Waals surface area contributed by atoms with Crippen LogP contribution in [0.25, 0.3) is 0 Å². The average Bonchev–Trinajstić information content (AvgIpc) is 2.95. The molecule has 1 aliphatic heterocycles. The van der Waals surface area contributed by atoms with Gasteiger partial charge in [-0.2, -0.15) is 0 Å². The van der Waals surface area contributed by atoms with E-state index >= 15 is 0 Å². The minimum atomic E-state index is 0.103. The molecule has 1 N–H and O–H groups in total. The number of pyridine rings is 1. The summed E-state index contributed by atoms with van der Waals surface area (Å²) in [6, 6.07) is 12.2. The summed E-state index contributed by atoms with van der Waals surface area (Å²) >= 11 is 5.99. The van der Waals surface area contributed by atoms with Crippen molar-refractivity contribution < 1.29 is 4.79 Å². The Hall–Kier alpha value is -1.91. The molecule has 1 aromatic carbocycles. The molecule has 0 saturated carbocycles. The quantitative estimate of drug-likeness (QED) is 0.906. The second kappa shape index (κ2) is 7.77. The highest BCUT2D eigenvalue weighted by Gasteiger charge is 2.33. The van der Waals surface area contributed by atoms with E-state index in [-0.39, 0.29) is 18.0 Å². The normalized spacial score (nSPS) is 20.9. The van der Waals surface area contributed by atoms with Crippen molar-refractivity contribution in [1.82, 2.24) is 15.2 Å². The van der Waals surface area contributed by atoms with Crippen LogP contribution in [0.3, 0.4) is 0 Å². The van der Waals surface area contributed by atoms with Crippen molar-refractivity contribution in [3.05, 3.63) is 64.9 Å². The van der Waals surface area contributed by atoms with Crippen LogP contribution in [-0.2, 0) is 11.2 Å². The molecule has 1 fully saturated rings. The number of hydrogen-bond acceptors (Lipinski definition) is 3. The van der Waals surface area contributed by atoms with Gasteiger partial charge >= 0.3 is 0 Å². The molecule has 0 unspecified atom stereocenters. The number of halogens is 1. The van der Waals surface area contributed by atoms with Crippen LogP contribution < -0.4 is 5.32 Å². The van der Waals surface area contributed by atoms with Gasteiger partial charge in [0, 0.05) is 36.4 Å². The van der Waals surface area contributed by atoms with Crippen molar-refractivity contribution in [2.24, 2.45) is 0 Å². The SMILES string of the molecule is CN1CC[C@H](NC(=O)CCc2ccncc2)[C@H]1c1ccc(Cl)cc1. The molecule has 1 aliphatic rings. The van der Waals surface area contributed by atoms with Crippen LogP contribution in [0.1, 0.15) is 30.0 Å². The largest absolute Gasteiger partial charge is 0.351 e. The first-order valence-corrected chi connectivity index (χ1v) is 8.65. The predicted molar refractivity (Wildman–Crippen MR) is 95.9 cm³/mol. The summed E-state index contributed by atoms with van der Waals surface area (Å²) in [4.78, 5) is 18.6. The molecule has 24 heavy (non-hydrogen) atoms. The molecule has 5 heteroatoms. The standard InChI is InChI=1S/C19H22ClN3O/c1-23-13-10-17(19(23)15-3-5-16(20)6-4-15)22-18(24)7-2-14-8-11-21-12-9-14/h3-6,8-9,11-12,17,19H,2,7,10,13H2,1H3,(H,22,24)/t17-,19+/m0/s1.